The van der Waals surface area contributed by atoms with Gasteiger partial charge in [0.2, 0.25) is 0 Å². The van der Waals surface area contributed by atoms with Gasteiger partial charge in [-0.2, -0.15) is 17.0 Å². The second-order valence-electron chi connectivity index (χ2n) is 4.81. The molecule has 18 heavy (non-hydrogen) atoms. The van der Waals surface area contributed by atoms with Gasteiger partial charge in [0, 0.05) is 32.7 Å². The van der Waals surface area contributed by atoms with Crippen molar-refractivity contribution >= 4 is 10.2 Å². The molecule has 0 amide bonds. The first kappa shape index (κ1) is 15.8. The first-order valence-electron chi connectivity index (χ1n) is 6.48. The number of hydrogen-bond acceptors (Lipinski definition) is 4. The largest absolute Gasteiger partial charge is 0.374 e. The Morgan fingerprint density at radius 2 is 2.22 bits per heavy atom. The van der Waals surface area contributed by atoms with Crippen molar-refractivity contribution in [2.45, 2.75) is 38.8 Å². The first-order valence-corrected chi connectivity index (χ1v) is 7.88. The maximum Gasteiger partial charge on any atom is 0.281 e. The Morgan fingerprint density at radius 1 is 1.56 bits per heavy atom. The third kappa shape index (κ3) is 3.89. The van der Waals surface area contributed by atoms with E-state index in [4.69, 9.17) is 10.5 Å². The fraction of sp³-hybridized carbons (Fsp3) is 1.00. The first-order chi connectivity index (χ1) is 8.39. The van der Waals surface area contributed by atoms with Crippen LogP contribution in [-0.4, -0.2) is 62.5 Å². The van der Waals surface area contributed by atoms with Gasteiger partial charge in [-0.25, -0.2) is 0 Å². The Kier molecular flexibility index (Phi) is 6.00. The summed E-state index contributed by atoms with van der Waals surface area (Å²) in [6.07, 6.45) is 1.63. The summed E-state index contributed by atoms with van der Waals surface area (Å²) in [5.74, 6) is 0. The zero-order valence-electron chi connectivity index (χ0n) is 11.5. The molecule has 1 saturated heterocycles. The predicted molar refractivity (Wildman–Crippen MR) is 71.4 cm³/mol. The molecule has 0 spiro atoms. The quantitative estimate of drug-likeness (QED) is 0.743. The normalized spacial score (nSPS) is 24.4. The topological polar surface area (TPSA) is 75.9 Å². The van der Waals surface area contributed by atoms with Gasteiger partial charge in [0.25, 0.3) is 10.2 Å². The summed E-state index contributed by atoms with van der Waals surface area (Å²) in [4.78, 5) is 0. The number of rotatable bonds is 6. The van der Waals surface area contributed by atoms with Crippen LogP contribution in [0, 0.1) is 0 Å². The SMILES string of the molecule is CCCCN(C)S(=O)(=O)N1CCOC(C(C)N)C1. The lowest BCUT2D eigenvalue weighted by atomic mass is 10.2. The summed E-state index contributed by atoms with van der Waals surface area (Å²) in [5.41, 5.74) is 5.77. The average molecular weight is 279 g/mol. The fourth-order valence-corrected chi connectivity index (χ4v) is 3.27. The molecule has 0 saturated carbocycles. The maximum absolute atomic E-state index is 12.3. The van der Waals surface area contributed by atoms with Crippen LogP contribution < -0.4 is 5.73 Å². The molecule has 1 heterocycles. The molecule has 1 aliphatic heterocycles. The Bertz CT molecular complexity index is 345. The molecule has 0 bridgehead atoms. The minimum absolute atomic E-state index is 0.163. The number of morpholine rings is 1. The number of unbranched alkanes of at least 4 members (excludes halogenated alkanes) is 1. The van der Waals surface area contributed by atoms with Crippen molar-refractivity contribution in [2.75, 3.05) is 33.3 Å². The molecule has 1 fully saturated rings. The highest BCUT2D eigenvalue weighted by atomic mass is 32.2. The molecule has 7 heteroatoms. The van der Waals surface area contributed by atoms with Crippen molar-refractivity contribution in [1.29, 1.82) is 0 Å². The standard InChI is InChI=1S/C11H25N3O3S/c1-4-5-6-13(3)18(15,16)14-7-8-17-11(9-14)10(2)12/h10-11H,4-9,12H2,1-3H3. The van der Waals surface area contributed by atoms with Gasteiger partial charge in [0.15, 0.2) is 0 Å². The Labute approximate surface area is 110 Å². The van der Waals surface area contributed by atoms with Crippen LogP contribution >= 0.6 is 0 Å². The van der Waals surface area contributed by atoms with Gasteiger partial charge in [0.05, 0.1) is 12.7 Å². The van der Waals surface area contributed by atoms with E-state index in [1.807, 2.05) is 13.8 Å². The molecule has 2 atom stereocenters. The number of nitrogens with zero attached hydrogens (tertiary/aromatic N) is 2. The van der Waals surface area contributed by atoms with E-state index >= 15 is 0 Å². The lowest BCUT2D eigenvalue weighted by molar-refractivity contribution is -0.0134. The monoisotopic (exact) mass is 279 g/mol. The van der Waals surface area contributed by atoms with Crippen LogP contribution in [0.1, 0.15) is 26.7 Å². The van der Waals surface area contributed by atoms with E-state index in [0.717, 1.165) is 12.8 Å². The van der Waals surface area contributed by atoms with Crippen molar-refractivity contribution in [3.63, 3.8) is 0 Å². The lowest BCUT2D eigenvalue weighted by Crippen LogP contribution is -2.54. The number of nitrogens with two attached hydrogens (primary N) is 1. The fourth-order valence-electron chi connectivity index (χ4n) is 1.87. The maximum atomic E-state index is 12.3. The molecule has 2 N–H and O–H groups in total. The Morgan fingerprint density at radius 3 is 2.78 bits per heavy atom. The van der Waals surface area contributed by atoms with Crippen LogP contribution in [0.3, 0.4) is 0 Å². The molecule has 0 radical (unpaired) electrons. The van der Waals surface area contributed by atoms with Crippen molar-refractivity contribution < 1.29 is 13.2 Å². The van der Waals surface area contributed by atoms with Crippen molar-refractivity contribution in [3.8, 4) is 0 Å². The van der Waals surface area contributed by atoms with Gasteiger partial charge in [-0.1, -0.05) is 13.3 Å². The lowest BCUT2D eigenvalue weighted by Gasteiger charge is -2.35. The van der Waals surface area contributed by atoms with Crippen molar-refractivity contribution in [1.82, 2.24) is 8.61 Å². The van der Waals surface area contributed by atoms with E-state index < -0.39 is 10.2 Å². The molecule has 0 aromatic carbocycles. The summed E-state index contributed by atoms with van der Waals surface area (Å²) < 4.78 is 33.0. The number of hydrogen-bond donors (Lipinski definition) is 1. The summed E-state index contributed by atoms with van der Waals surface area (Å²) in [7, 11) is -1.74. The summed E-state index contributed by atoms with van der Waals surface area (Å²) in [5, 5.41) is 0. The smallest absolute Gasteiger partial charge is 0.281 e. The van der Waals surface area contributed by atoms with E-state index in [1.165, 1.54) is 8.61 Å². The second-order valence-corrected chi connectivity index (χ2v) is 6.84. The summed E-state index contributed by atoms with van der Waals surface area (Å²) >= 11 is 0. The summed E-state index contributed by atoms with van der Waals surface area (Å²) in [6.45, 7) is 5.59. The second kappa shape index (κ2) is 6.81. The van der Waals surface area contributed by atoms with Gasteiger partial charge < -0.3 is 10.5 Å². The van der Waals surface area contributed by atoms with Crippen LogP contribution in [0.15, 0.2) is 0 Å². The molecule has 0 aromatic heterocycles. The molecule has 2 unspecified atom stereocenters. The molecule has 0 aliphatic carbocycles. The van der Waals surface area contributed by atoms with Gasteiger partial charge >= 0.3 is 0 Å². The minimum atomic E-state index is -3.37. The van der Waals surface area contributed by atoms with E-state index in [2.05, 4.69) is 0 Å². The zero-order valence-corrected chi connectivity index (χ0v) is 12.3. The molecular formula is C11H25N3O3S. The third-order valence-electron chi connectivity index (χ3n) is 3.19. The molecule has 6 nitrogen and oxygen atoms in total. The molecular weight excluding hydrogens is 254 g/mol. The predicted octanol–water partition coefficient (Wildman–Crippen LogP) is 0.0111. The van der Waals surface area contributed by atoms with Crippen LogP contribution in [0.2, 0.25) is 0 Å². The highest BCUT2D eigenvalue weighted by Crippen LogP contribution is 2.14. The van der Waals surface area contributed by atoms with Crippen molar-refractivity contribution in [2.24, 2.45) is 5.73 Å². The van der Waals surface area contributed by atoms with E-state index in [1.54, 1.807) is 7.05 Å². The Hall–Kier alpha value is -0.210. The third-order valence-corrected chi connectivity index (χ3v) is 5.14. The average Bonchev–Trinajstić information content (AvgIpc) is 2.35. The minimum Gasteiger partial charge on any atom is -0.374 e. The zero-order chi connectivity index (χ0) is 13.8. The highest BCUT2D eigenvalue weighted by molar-refractivity contribution is 7.86. The molecule has 108 valence electrons. The molecule has 0 aromatic rings. The Balaban J connectivity index is 2.66. The van der Waals surface area contributed by atoms with Gasteiger partial charge in [-0.05, 0) is 13.3 Å². The van der Waals surface area contributed by atoms with E-state index in [9.17, 15) is 8.42 Å². The van der Waals surface area contributed by atoms with Gasteiger partial charge in [-0.15, -0.1) is 0 Å². The number of ether oxygens (including phenoxy) is 1. The van der Waals surface area contributed by atoms with Crippen molar-refractivity contribution in [3.05, 3.63) is 0 Å². The van der Waals surface area contributed by atoms with Crippen LogP contribution in [0.25, 0.3) is 0 Å². The van der Waals surface area contributed by atoms with Crippen LogP contribution in [-0.2, 0) is 14.9 Å². The van der Waals surface area contributed by atoms with Gasteiger partial charge in [0.1, 0.15) is 0 Å². The van der Waals surface area contributed by atoms with Gasteiger partial charge in [-0.3, -0.25) is 0 Å². The molecule has 1 rings (SSSR count). The molecule has 1 aliphatic rings. The van der Waals surface area contributed by atoms with E-state index in [-0.39, 0.29) is 12.1 Å². The van der Waals surface area contributed by atoms with E-state index in [0.29, 0.717) is 26.2 Å². The van der Waals surface area contributed by atoms with Crippen LogP contribution in [0.5, 0.6) is 0 Å². The van der Waals surface area contributed by atoms with Crippen LogP contribution in [0.4, 0.5) is 0 Å². The highest BCUT2D eigenvalue weighted by Gasteiger charge is 2.33. The summed E-state index contributed by atoms with van der Waals surface area (Å²) in [6, 6.07) is -0.163.